The summed E-state index contributed by atoms with van der Waals surface area (Å²) in [6.45, 7) is 6.11. The smallest absolute Gasteiger partial charge is 0.195 e. The zero-order valence-electron chi connectivity index (χ0n) is 9.85. The summed E-state index contributed by atoms with van der Waals surface area (Å²) in [5, 5.41) is 6.52. The third-order valence-corrected chi connectivity index (χ3v) is 4.18. The van der Waals surface area contributed by atoms with Crippen LogP contribution in [0.4, 0.5) is 5.69 Å². The highest BCUT2D eigenvalue weighted by molar-refractivity contribution is 9.11. The Kier molecular flexibility index (Phi) is 4.09. The van der Waals surface area contributed by atoms with Crippen molar-refractivity contribution in [3.63, 3.8) is 0 Å². The molecule has 0 spiro atoms. The van der Waals surface area contributed by atoms with E-state index in [1.807, 2.05) is 0 Å². The quantitative estimate of drug-likeness (QED) is 0.843. The fraction of sp³-hybridized carbons (Fsp3) is 0.417. The molecule has 92 valence electrons. The van der Waals surface area contributed by atoms with E-state index in [2.05, 4.69) is 73.5 Å². The number of hydrogen-bond acceptors (Lipinski definition) is 3. The number of hydrogen-bond donors (Lipinski definition) is 2. The van der Waals surface area contributed by atoms with Crippen molar-refractivity contribution in [3.05, 3.63) is 26.6 Å². The molecule has 2 N–H and O–H groups in total. The fourth-order valence-corrected chi connectivity index (χ4v) is 3.33. The highest BCUT2D eigenvalue weighted by Gasteiger charge is 2.14. The van der Waals surface area contributed by atoms with Gasteiger partial charge in [0, 0.05) is 15.5 Å². The molecule has 0 bridgehead atoms. The van der Waals surface area contributed by atoms with Gasteiger partial charge in [-0.2, -0.15) is 0 Å². The predicted octanol–water partition coefficient (Wildman–Crippen LogP) is 3.71. The lowest BCUT2D eigenvalue weighted by Crippen LogP contribution is -2.26. The van der Waals surface area contributed by atoms with Crippen LogP contribution in [0.2, 0.25) is 0 Å². The maximum atomic E-state index is 4.34. The third-order valence-electron chi connectivity index (χ3n) is 2.66. The van der Waals surface area contributed by atoms with Crippen LogP contribution in [0, 0.1) is 0 Å². The van der Waals surface area contributed by atoms with Crippen LogP contribution in [0.5, 0.6) is 0 Å². The van der Waals surface area contributed by atoms with E-state index in [0.717, 1.165) is 33.7 Å². The van der Waals surface area contributed by atoms with Crippen LogP contribution < -0.4 is 10.6 Å². The van der Waals surface area contributed by atoms with Crippen molar-refractivity contribution >= 4 is 43.5 Å². The summed E-state index contributed by atoms with van der Waals surface area (Å²) in [4.78, 5) is 4.34. The number of anilines is 1. The van der Waals surface area contributed by atoms with Crippen molar-refractivity contribution in [3.8, 4) is 0 Å². The number of rotatable bonds is 2. The number of benzene rings is 1. The highest BCUT2D eigenvalue weighted by Crippen LogP contribution is 2.37. The van der Waals surface area contributed by atoms with Gasteiger partial charge in [0.25, 0.3) is 0 Å². The second kappa shape index (κ2) is 5.40. The Morgan fingerprint density at radius 3 is 2.71 bits per heavy atom. The van der Waals surface area contributed by atoms with Crippen molar-refractivity contribution in [1.29, 1.82) is 0 Å². The average Bonchev–Trinajstić information content (AvgIpc) is 2.76. The molecule has 2 rings (SSSR count). The molecule has 1 aromatic rings. The highest BCUT2D eigenvalue weighted by atomic mass is 79.9. The van der Waals surface area contributed by atoms with Crippen LogP contribution in [0.1, 0.15) is 25.3 Å². The Hall–Kier alpha value is -0.550. The lowest BCUT2D eigenvalue weighted by atomic mass is 10.0. The van der Waals surface area contributed by atoms with Gasteiger partial charge in [-0.3, -0.25) is 4.99 Å². The molecule has 1 aliphatic rings. The largest absolute Gasteiger partial charge is 0.354 e. The normalized spacial score (nSPS) is 14.8. The third kappa shape index (κ3) is 2.83. The summed E-state index contributed by atoms with van der Waals surface area (Å²) in [5.41, 5.74) is 2.32. The molecule has 0 radical (unpaired) electrons. The Morgan fingerprint density at radius 2 is 2.12 bits per heavy atom. The second-order valence-corrected chi connectivity index (χ2v) is 5.91. The van der Waals surface area contributed by atoms with Gasteiger partial charge in [0.1, 0.15) is 0 Å². The minimum atomic E-state index is 0.483. The van der Waals surface area contributed by atoms with Crippen LogP contribution in [0.3, 0.4) is 0 Å². The lowest BCUT2D eigenvalue weighted by Gasteiger charge is -2.16. The molecule has 0 aromatic heterocycles. The molecule has 1 aromatic carbocycles. The Morgan fingerprint density at radius 1 is 1.35 bits per heavy atom. The molecule has 0 saturated heterocycles. The number of halogens is 2. The van der Waals surface area contributed by atoms with E-state index in [9.17, 15) is 0 Å². The Labute approximate surface area is 118 Å². The van der Waals surface area contributed by atoms with Crippen molar-refractivity contribution < 1.29 is 0 Å². The number of guanidine groups is 1. The van der Waals surface area contributed by atoms with Gasteiger partial charge in [-0.15, -0.1) is 0 Å². The Bertz CT molecular complexity index is 455. The molecular formula is C12H15Br2N3. The molecule has 5 heteroatoms. The molecule has 0 saturated carbocycles. The molecule has 0 unspecified atom stereocenters. The summed E-state index contributed by atoms with van der Waals surface area (Å²) in [5.74, 6) is 1.32. The molecule has 0 amide bonds. The standard InChI is InChI=1S/C12H15Br2N3/c1-7(2)8-3-4-9(13)11(10(8)14)17-12-15-5-6-16-12/h3-4,7H,5-6H2,1-2H3,(H2,15,16,17). The van der Waals surface area contributed by atoms with Crippen LogP contribution in [-0.2, 0) is 0 Å². The molecule has 3 nitrogen and oxygen atoms in total. The van der Waals surface area contributed by atoms with E-state index >= 15 is 0 Å². The van der Waals surface area contributed by atoms with Crippen molar-refractivity contribution in [1.82, 2.24) is 5.32 Å². The minimum Gasteiger partial charge on any atom is -0.354 e. The monoisotopic (exact) mass is 359 g/mol. The van der Waals surface area contributed by atoms with Gasteiger partial charge in [0.2, 0.25) is 0 Å². The summed E-state index contributed by atoms with van der Waals surface area (Å²) in [6.07, 6.45) is 0. The zero-order chi connectivity index (χ0) is 12.4. The van der Waals surface area contributed by atoms with Gasteiger partial charge >= 0.3 is 0 Å². The van der Waals surface area contributed by atoms with Gasteiger partial charge in [-0.25, -0.2) is 0 Å². The van der Waals surface area contributed by atoms with Crippen LogP contribution in [0.25, 0.3) is 0 Å². The topological polar surface area (TPSA) is 36.4 Å². The van der Waals surface area contributed by atoms with Crippen molar-refractivity contribution in [2.24, 2.45) is 4.99 Å². The molecule has 1 aliphatic heterocycles. The molecule has 0 atom stereocenters. The summed E-state index contributed by atoms with van der Waals surface area (Å²) >= 11 is 7.23. The molecular weight excluding hydrogens is 346 g/mol. The maximum Gasteiger partial charge on any atom is 0.195 e. The van der Waals surface area contributed by atoms with Crippen LogP contribution in [-0.4, -0.2) is 19.0 Å². The van der Waals surface area contributed by atoms with Crippen LogP contribution in [0.15, 0.2) is 26.1 Å². The van der Waals surface area contributed by atoms with E-state index in [1.54, 1.807) is 0 Å². The lowest BCUT2D eigenvalue weighted by molar-refractivity contribution is 0.861. The first kappa shape index (κ1) is 12.9. The van der Waals surface area contributed by atoms with Crippen molar-refractivity contribution in [2.45, 2.75) is 19.8 Å². The number of nitrogens with one attached hydrogen (secondary N) is 2. The molecule has 17 heavy (non-hydrogen) atoms. The minimum absolute atomic E-state index is 0.483. The van der Waals surface area contributed by atoms with Gasteiger partial charge < -0.3 is 10.6 Å². The summed E-state index contributed by atoms with van der Waals surface area (Å²) < 4.78 is 2.13. The number of aliphatic imine (C=N–C) groups is 1. The average molecular weight is 361 g/mol. The van der Waals surface area contributed by atoms with Gasteiger partial charge in [-0.1, -0.05) is 19.9 Å². The predicted molar refractivity (Wildman–Crippen MR) is 79.9 cm³/mol. The van der Waals surface area contributed by atoms with E-state index in [-0.39, 0.29) is 0 Å². The molecule has 0 aliphatic carbocycles. The second-order valence-electron chi connectivity index (χ2n) is 4.26. The first-order valence-electron chi connectivity index (χ1n) is 5.63. The first-order chi connectivity index (χ1) is 8.09. The van der Waals surface area contributed by atoms with E-state index in [0.29, 0.717) is 5.92 Å². The van der Waals surface area contributed by atoms with Crippen molar-refractivity contribution in [2.75, 3.05) is 18.4 Å². The van der Waals surface area contributed by atoms with E-state index in [4.69, 9.17) is 0 Å². The fourth-order valence-electron chi connectivity index (χ4n) is 1.73. The first-order valence-corrected chi connectivity index (χ1v) is 7.21. The number of nitrogens with zero attached hydrogens (tertiary/aromatic N) is 1. The van der Waals surface area contributed by atoms with Crippen LogP contribution >= 0.6 is 31.9 Å². The summed E-state index contributed by atoms with van der Waals surface area (Å²) in [7, 11) is 0. The Balaban J connectivity index is 2.34. The maximum absolute atomic E-state index is 4.34. The van der Waals surface area contributed by atoms with E-state index in [1.165, 1.54) is 5.56 Å². The zero-order valence-corrected chi connectivity index (χ0v) is 13.0. The van der Waals surface area contributed by atoms with Gasteiger partial charge in [0.15, 0.2) is 5.96 Å². The van der Waals surface area contributed by atoms with Gasteiger partial charge in [-0.05, 0) is 49.4 Å². The molecule has 0 fully saturated rings. The van der Waals surface area contributed by atoms with Gasteiger partial charge in [0.05, 0.1) is 12.2 Å². The molecule has 1 heterocycles. The van der Waals surface area contributed by atoms with E-state index < -0.39 is 0 Å². The SMILES string of the molecule is CC(C)c1ccc(Br)c(NC2=NCCN2)c1Br. The summed E-state index contributed by atoms with van der Waals surface area (Å²) in [6, 6.07) is 4.20.